The summed E-state index contributed by atoms with van der Waals surface area (Å²) in [5, 5.41) is 16.5. The number of nitrogens with zero attached hydrogens (tertiary/aromatic N) is 3. The smallest absolute Gasteiger partial charge is 0.356 e. The number of aromatic nitrogens is 2. The Labute approximate surface area is 100 Å². The molecule has 1 aromatic rings. The molecule has 0 bridgehead atoms. The molecule has 92 valence electrons. The van der Waals surface area contributed by atoms with Crippen molar-refractivity contribution in [2.24, 2.45) is 5.92 Å². The van der Waals surface area contributed by atoms with Crippen LogP contribution in [0.4, 0.5) is 5.82 Å². The quantitative estimate of drug-likeness (QED) is 0.865. The topological polar surface area (TPSA) is 66.3 Å². The summed E-state index contributed by atoms with van der Waals surface area (Å²) in [6, 6.07) is 3.75. The summed E-state index contributed by atoms with van der Waals surface area (Å²) >= 11 is 0. The fraction of sp³-hybridized carbons (Fsp3) is 0.583. The van der Waals surface area contributed by atoms with Crippen molar-refractivity contribution in [2.45, 2.75) is 32.7 Å². The van der Waals surface area contributed by atoms with Gasteiger partial charge in [0.2, 0.25) is 0 Å². The van der Waals surface area contributed by atoms with Gasteiger partial charge in [-0.1, -0.05) is 13.8 Å². The molecular weight excluding hydrogens is 218 g/mol. The van der Waals surface area contributed by atoms with Crippen LogP contribution >= 0.6 is 0 Å². The standard InChI is InChI=1S/C12H17N3O2/c1-8(2)10-4-3-7-15(10)11-6-5-9(12(16)17)13-14-11/h5-6,8,10H,3-4,7H2,1-2H3,(H,16,17). The minimum Gasteiger partial charge on any atom is -0.476 e. The molecule has 0 saturated carbocycles. The molecule has 1 fully saturated rings. The SMILES string of the molecule is CC(C)C1CCCN1c1ccc(C(=O)O)nn1. The van der Waals surface area contributed by atoms with Crippen LogP contribution in [0.15, 0.2) is 12.1 Å². The van der Waals surface area contributed by atoms with Gasteiger partial charge in [0.25, 0.3) is 0 Å². The number of carboxylic acid groups (broad SMARTS) is 1. The van der Waals surface area contributed by atoms with Crippen LogP contribution in [0.1, 0.15) is 37.2 Å². The number of aromatic carboxylic acids is 1. The molecule has 1 atom stereocenters. The zero-order valence-electron chi connectivity index (χ0n) is 10.1. The van der Waals surface area contributed by atoms with Gasteiger partial charge < -0.3 is 10.0 Å². The van der Waals surface area contributed by atoms with Crippen molar-refractivity contribution in [3.05, 3.63) is 17.8 Å². The average Bonchev–Trinajstić information content (AvgIpc) is 2.78. The van der Waals surface area contributed by atoms with E-state index in [4.69, 9.17) is 5.11 Å². The highest BCUT2D eigenvalue weighted by atomic mass is 16.4. The third kappa shape index (κ3) is 2.38. The predicted octanol–water partition coefficient (Wildman–Crippen LogP) is 1.80. The monoisotopic (exact) mass is 235 g/mol. The highest BCUT2D eigenvalue weighted by molar-refractivity contribution is 5.85. The minimum absolute atomic E-state index is 0.00551. The van der Waals surface area contributed by atoms with E-state index < -0.39 is 5.97 Å². The lowest BCUT2D eigenvalue weighted by molar-refractivity contribution is 0.0689. The largest absolute Gasteiger partial charge is 0.476 e. The molecular formula is C12H17N3O2. The van der Waals surface area contributed by atoms with Gasteiger partial charge in [-0.2, -0.15) is 0 Å². The first-order valence-corrected chi connectivity index (χ1v) is 5.93. The van der Waals surface area contributed by atoms with Gasteiger partial charge in [0.15, 0.2) is 11.5 Å². The maximum absolute atomic E-state index is 10.7. The van der Waals surface area contributed by atoms with Crippen LogP contribution in [-0.4, -0.2) is 33.9 Å². The van der Waals surface area contributed by atoms with Crippen LogP contribution in [0.2, 0.25) is 0 Å². The van der Waals surface area contributed by atoms with Crippen LogP contribution < -0.4 is 4.90 Å². The molecule has 1 N–H and O–H groups in total. The Kier molecular flexibility index (Phi) is 3.26. The van der Waals surface area contributed by atoms with Gasteiger partial charge in [-0.05, 0) is 30.9 Å². The molecule has 1 unspecified atom stereocenters. The summed E-state index contributed by atoms with van der Waals surface area (Å²) in [5.41, 5.74) is -0.00551. The van der Waals surface area contributed by atoms with Crippen molar-refractivity contribution in [3.63, 3.8) is 0 Å². The van der Waals surface area contributed by atoms with Crippen LogP contribution in [0.3, 0.4) is 0 Å². The maximum atomic E-state index is 10.7. The van der Waals surface area contributed by atoms with Crippen LogP contribution in [0, 0.1) is 5.92 Å². The summed E-state index contributed by atoms with van der Waals surface area (Å²) in [7, 11) is 0. The number of hydrogen-bond acceptors (Lipinski definition) is 4. The van der Waals surface area contributed by atoms with Crippen molar-refractivity contribution in [2.75, 3.05) is 11.4 Å². The second kappa shape index (κ2) is 4.69. The van der Waals surface area contributed by atoms with Gasteiger partial charge in [-0.15, -0.1) is 10.2 Å². The van der Waals surface area contributed by atoms with E-state index in [-0.39, 0.29) is 5.69 Å². The van der Waals surface area contributed by atoms with Gasteiger partial charge in [-0.3, -0.25) is 0 Å². The van der Waals surface area contributed by atoms with E-state index in [0.29, 0.717) is 12.0 Å². The first-order valence-electron chi connectivity index (χ1n) is 5.93. The van der Waals surface area contributed by atoms with Gasteiger partial charge in [0.1, 0.15) is 0 Å². The number of hydrogen-bond donors (Lipinski definition) is 1. The van der Waals surface area contributed by atoms with Crippen molar-refractivity contribution in [3.8, 4) is 0 Å². The van der Waals surface area contributed by atoms with Crippen molar-refractivity contribution in [1.82, 2.24) is 10.2 Å². The molecule has 5 heteroatoms. The Morgan fingerprint density at radius 1 is 1.47 bits per heavy atom. The first kappa shape index (κ1) is 11.8. The first-order chi connectivity index (χ1) is 8.09. The van der Waals surface area contributed by atoms with Crippen LogP contribution in [-0.2, 0) is 0 Å². The third-order valence-electron chi connectivity index (χ3n) is 3.23. The molecule has 1 aliphatic rings. The van der Waals surface area contributed by atoms with E-state index in [0.717, 1.165) is 18.8 Å². The molecule has 1 saturated heterocycles. The van der Waals surface area contributed by atoms with E-state index in [2.05, 4.69) is 28.9 Å². The molecule has 5 nitrogen and oxygen atoms in total. The molecule has 1 aliphatic heterocycles. The fourth-order valence-electron chi connectivity index (χ4n) is 2.36. The third-order valence-corrected chi connectivity index (χ3v) is 3.23. The van der Waals surface area contributed by atoms with E-state index in [1.807, 2.05) is 0 Å². The van der Waals surface area contributed by atoms with Crippen molar-refractivity contribution < 1.29 is 9.90 Å². The average molecular weight is 235 g/mol. The highest BCUT2D eigenvalue weighted by Gasteiger charge is 2.28. The fourth-order valence-corrected chi connectivity index (χ4v) is 2.36. The summed E-state index contributed by atoms with van der Waals surface area (Å²) in [6.45, 7) is 5.37. The molecule has 2 heterocycles. The normalized spacial score (nSPS) is 19.9. The lowest BCUT2D eigenvalue weighted by Gasteiger charge is -2.28. The molecule has 17 heavy (non-hydrogen) atoms. The Bertz CT molecular complexity index is 403. The summed E-state index contributed by atoms with van der Waals surface area (Å²) < 4.78 is 0. The number of rotatable bonds is 3. The molecule has 0 aliphatic carbocycles. The van der Waals surface area contributed by atoms with Crippen LogP contribution in [0.25, 0.3) is 0 Å². The van der Waals surface area contributed by atoms with Crippen molar-refractivity contribution >= 4 is 11.8 Å². The number of anilines is 1. The summed E-state index contributed by atoms with van der Waals surface area (Å²) in [6.07, 6.45) is 2.32. The second-order valence-corrected chi connectivity index (χ2v) is 4.73. The summed E-state index contributed by atoms with van der Waals surface area (Å²) in [4.78, 5) is 12.9. The molecule has 0 radical (unpaired) electrons. The molecule has 0 aromatic carbocycles. The van der Waals surface area contributed by atoms with Crippen LogP contribution in [0.5, 0.6) is 0 Å². The number of carboxylic acids is 1. The minimum atomic E-state index is -1.04. The van der Waals surface area contributed by atoms with Crippen molar-refractivity contribution in [1.29, 1.82) is 0 Å². The second-order valence-electron chi connectivity index (χ2n) is 4.73. The van der Waals surface area contributed by atoms with E-state index in [1.165, 1.54) is 12.5 Å². The zero-order chi connectivity index (χ0) is 12.4. The number of carbonyl (C=O) groups is 1. The predicted molar refractivity (Wildman–Crippen MR) is 64.2 cm³/mol. The zero-order valence-corrected chi connectivity index (χ0v) is 10.1. The Balaban J connectivity index is 2.19. The maximum Gasteiger partial charge on any atom is 0.356 e. The lowest BCUT2D eigenvalue weighted by Crippen LogP contribution is -2.34. The Morgan fingerprint density at radius 2 is 2.24 bits per heavy atom. The lowest BCUT2D eigenvalue weighted by atomic mass is 10.0. The van der Waals surface area contributed by atoms with Gasteiger partial charge in [0, 0.05) is 12.6 Å². The van der Waals surface area contributed by atoms with Gasteiger partial charge in [0.05, 0.1) is 0 Å². The van der Waals surface area contributed by atoms with E-state index in [1.54, 1.807) is 6.07 Å². The van der Waals surface area contributed by atoms with E-state index >= 15 is 0 Å². The highest BCUT2D eigenvalue weighted by Crippen LogP contribution is 2.27. The Hall–Kier alpha value is -1.65. The molecule has 2 rings (SSSR count). The van der Waals surface area contributed by atoms with Gasteiger partial charge >= 0.3 is 5.97 Å². The summed E-state index contributed by atoms with van der Waals surface area (Å²) in [5.74, 6) is 0.315. The molecule has 0 amide bonds. The Morgan fingerprint density at radius 3 is 2.76 bits per heavy atom. The van der Waals surface area contributed by atoms with Gasteiger partial charge in [-0.25, -0.2) is 4.79 Å². The van der Waals surface area contributed by atoms with E-state index in [9.17, 15) is 4.79 Å². The molecule has 0 spiro atoms. The molecule has 1 aromatic heterocycles.